The number of nitrogens with zero attached hydrogens (tertiary/aromatic N) is 1. The number of guanidine groups is 1. The molecule has 0 amide bonds. The third kappa shape index (κ3) is 5.31. The molecule has 0 saturated carbocycles. The van der Waals surface area contributed by atoms with E-state index < -0.39 is 0 Å². The highest BCUT2D eigenvalue weighted by molar-refractivity contribution is 5.92. The molecule has 24 heavy (non-hydrogen) atoms. The predicted molar refractivity (Wildman–Crippen MR) is 94.3 cm³/mol. The maximum absolute atomic E-state index is 11.3. The molecular weight excluding hydrogens is 306 g/mol. The van der Waals surface area contributed by atoms with Crippen LogP contribution in [0.25, 0.3) is 0 Å². The normalized spacial score (nSPS) is 12.3. The Labute approximate surface area is 141 Å². The van der Waals surface area contributed by atoms with Gasteiger partial charge < -0.3 is 20.5 Å². The first-order chi connectivity index (χ1) is 11.6. The van der Waals surface area contributed by atoms with Gasteiger partial charge in [-0.2, -0.15) is 0 Å². The fourth-order valence-corrected chi connectivity index (χ4v) is 1.96. The summed E-state index contributed by atoms with van der Waals surface area (Å²) in [6, 6.07) is 16.9. The smallest absolute Gasteiger partial charge is 0.310 e. The van der Waals surface area contributed by atoms with Crippen molar-refractivity contribution in [1.29, 1.82) is 0 Å². The van der Waals surface area contributed by atoms with Crippen LogP contribution >= 0.6 is 0 Å². The number of carbonyl (C=O) groups excluding carboxylic acids is 1. The van der Waals surface area contributed by atoms with Crippen LogP contribution < -0.4 is 15.8 Å². The number of nitrogens with one attached hydrogen (secondary N) is 1. The standard InChI is InChI=1S/C18H21N3O3/c1-13(17(22)23-2)12-20-18(19)21-14-7-6-10-16(11-14)24-15-8-4-3-5-9-15/h3-11,13H,12H2,1-2H3,(H3,19,20,21). The van der Waals surface area contributed by atoms with Gasteiger partial charge in [0.25, 0.3) is 0 Å². The van der Waals surface area contributed by atoms with E-state index in [-0.39, 0.29) is 24.4 Å². The SMILES string of the molecule is COC(=O)C(C)CN=C(N)Nc1cccc(Oc2ccccc2)c1. The van der Waals surface area contributed by atoms with Crippen LogP contribution in [0.1, 0.15) is 6.92 Å². The Hall–Kier alpha value is -3.02. The molecule has 2 aromatic rings. The number of nitrogens with two attached hydrogens (primary N) is 1. The second-order valence-corrected chi connectivity index (χ2v) is 5.22. The number of anilines is 1. The Morgan fingerprint density at radius 2 is 1.88 bits per heavy atom. The van der Waals surface area contributed by atoms with Crippen molar-refractivity contribution < 1.29 is 14.3 Å². The number of carbonyl (C=O) groups is 1. The quantitative estimate of drug-likeness (QED) is 0.484. The fourth-order valence-electron chi connectivity index (χ4n) is 1.96. The van der Waals surface area contributed by atoms with Crippen molar-refractivity contribution in [2.24, 2.45) is 16.6 Å². The summed E-state index contributed by atoms with van der Waals surface area (Å²) in [5, 5.41) is 2.98. The molecule has 6 heteroatoms. The summed E-state index contributed by atoms with van der Waals surface area (Å²) in [4.78, 5) is 15.5. The zero-order valence-corrected chi connectivity index (χ0v) is 13.7. The van der Waals surface area contributed by atoms with Crippen molar-refractivity contribution in [3.63, 3.8) is 0 Å². The number of rotatable bonds is 6. The van der Waals surface area contributed by atoms with Gasteiger partial charge in [-0.25, -0.2) is 0 Å². The highest BCUT2D eigenvalue weighted by Crippen LogP contribution is 2.23. The van der Waals surface area contributed by atoms with E-state index in [2.05, 4.69) is 15.0 Å². The van der Waals surface area contributed by atoms with E-state index in [0.29, 0.717) is 5.75 Å². The molecule has 2 rings (SSSR count). The molecule has 0 radical (unpaired) electrons. The first-order valence-corrected chi connectivity index (χ1v) is 7.56. The van der Waals surface area contributed by atoms with Gasteiger partial charge in [-0.1, -0.05) is 31.2 Å². The molecular formula is C18H21N3O3. The first kappa shape index (κ1) is 17.3. The van der Waals surface area contributed by atoms with Crippen LogP contribution in [0.5, 0.6) is 11.5 Å². The summed E-state index contributed by atoms with van der Waals surface area (Å²) in [5.74, 6) is 1.00. The number of aliphatic imine (C=N–C) groups is 1. The molecule has 0 aromatic heterocycles. The van der Waals surface area contributed by atoms with Gasteiger partial charge in [-0.3, -0.25) is 9.79 Å². The highest BCUT2D eigenvalue weighted by Gasteiger charge is 2.12. The van der Waals surface area contributed by atoms with Gasteiger partial charge in [0.15, 0.2) is 5.96 Å². The van der Waals surface area contributed by atoms with E-state index in [1.165, 1.54) is 7.11 Å². The molecule has 0 fully saturated rings. The van der Waals surface area contributed by atoms with Gasteiger partial charge in [-0.05, 0) is 24.3 Å². The van der Waals surface area contributed by atoms with Crippen molar-refractivity contribution in [3.8, 4) is 11.5 Å². The number of benzene rings is 2. The maximum Gasteiger partial charge on any atom is 0.310 e. The molecule has 126 valence electrons. The lowest BCUT2D eigenvalue weighted by molar-refractivity contribution is -0.144. The number of methoxy groups -OCH3 is 1. The largest absolute Gasteiger partial charge is 0.469 e. The van der Waals surface area contributed by atoms with Crippen molar-refractivity contribution in [2.75, 3.05) is 19.0 Å². The monoisotopic (exact) mass is 327 g/mol. The number of para-hydroxylation sites is 1. The summed E-state index contributed by atoms with van der Waals surface area (Å²) < 4.78 is 10.4. The molecule has 0 saturated heterocycles. The van der Waals surface area contributed by atoms with Gasteiger partial charge in [0.05, 0.1) is 19.6 Å². The van der Waals surface area contributed by atoms with E-state index in [0.717, 1.165) is 11.4 Å². The number of hydrogen-bond acceptors (Lipinski definition) is 4. The van der Waals surface area contributed by atoms with E-state index in [1.807, 2.05) is 54.6 Å². The lowest BCUT2D eigenvalue weighted by Crippen LogP contribution is -2.25. The number of ether oxygens (including phenoxy) is 2. The van der Waals surface area contributed by atoms with Crippen LogP contribution in [0.4, 0.5) is 5.69 Å². The molecule has 0 aliphatic rings. The predicted octanol–water partition coefficient (Wildman–Crippen LogP) is 3.01. The zero-order valence-electron chi connectivity index (χ0n) is 13.7. The third-order valence-electron chi connectivity index (χ3n) is 3.22. The van der Waals surface area contributed by atoms with Crippen molar-refractivity contribution in [2.45, 2.75) is 6.92 Å². The Morgan fingerprint density at radius 1 is 1.17 bits per heavy atom. The fraction of sp³-hybridized carbons (Fsp3) is 0.222. The van der Waals surface area contributed by atoms with Gasteiger partial charge in [-0.15, -0.1) is 0 Å². The second kappa shape index (κ2) is 8.57. The van der Waals surface area contributed by atoms with E-state index in [9.17, 15) is 4.79 Å². The Kier molecular flexibility index (Phi) is 6.19. The van der Waals surface area contributed by atoms with Crippen molar-refractivity contribution in [1.82, 2.24) is 0 Å². The molecule has 2 aromatic carbocycles. The molecule has 0 bridgehead atoms. The van der Waals surface area contributed by atoms with E-state index in [4.69, 9.17) is 10.5 Å². The van der Waals surface area contributed by atoms with E-state index in [1.54, 1.807) is 6.92 Å². The minimum Gasteiger partial charge on any atom is -0.469 e. The summed E-state index contributed by atoms with van der Waals surface area (Å²) in [5.41, 5.74) is 6.59. The Bertz CT molecular complexity index is 702. The van der Waals surface area contributed by atoms with Crippen LogP contribution in [-0.4, -0.2) is 25.6 Å². The van der Waals surface area contributed by atoms with Crippen molar-refractivity contribution >= 4 is 17.6 Å². The third-order valence-corrected chi connectivity index (χ3v) is 3.22. The Balaban J connectivity index is 1.97. The summed E-state index contributed by atoms with van der Waals surface area (Å²) >= 11 is 0. The maximum atomic E-state index is 11.3. The first-order valence-electron chi connectivity index (χ1n) is 7.56. The number of hydrogen-bond donors (Lipinski definition) is 2. The molecule has 1 atom stereocenters. The second-order valence-electron chi connectivity index (χ2n) is 5.22. The molecule has 0 aliphatic carbocycles. The highest BCUT2D eigenvalue weighted by atomic mass is 16.5. The minimum absolute atomic E-state index is 0.225. The lowest BCUT2D eigenvalue weighted by atomic mass is 10.2. The molecule has 0 aliphatic heterocycles. The molecule has 6 nitrogen and oxygen atoms in total. The van der Waals surface area contributed by atoms with Gasteiger partial charge in [0, 0.05) is 11.8 Å². The average molecular weight is 327 g/mol. The molecule has 0 heterocycles. The van der Waals surface area contributed by atoms with Crippen LogP contribution in [-0.2, 0) is 9.53 Å². The van der Waals surface area contributed by atoms with Crippen LogP contribution in [0.2, 0.25) is 0 Å². The summed E-state index contributed by atoms with van der Waals surface area (Å²) in [7, 11) is 1.35. The molecule has 3 N–H and O–H groups in total. The van der Waals surface area contributed by atoms with Gasteiger partial charge in [0.2, 0.25) is 0 Å². The van der Waals surface area contributed by atoms with Crippen LogP contribution in [0.3, 0.4) is 0 Å². The molecule has 0 spiro atoms. The zero-order chi connectivity index (χ0) is 17.4. The lowest BCUT2D eigenvalue weighted by Gasteiger charge is -2.10. The topological polar surface area (TPSA) is 85.9 Å². The van der Waals surface area contributed by atoms with Gasteiger partial charge in [0.1, 0.15) is 11.5 Å². The Morgan fingerprint density at radius 3 is 2.58 bits per heavy atom. The van der Waals surface area contributed by atoms with E-state index >= 15 is 0 Å². The number of esters is 1. The van der Waals surface area contributed by atoms with Crippen molar-refractivity contribution in [3.05, 3.63) is 54.6 Å². The summed E-state index contributed by atoms with van der Waals surface area (Å²) in [6.07, 6.45) is 0. The van der Waals surface area contributed by atoms with Crippen LogP contribution in [0, 0.1) is 5.92 Å². The molecule has 1 unspecified atom stereocenters. The van der Waals surface area contributed by atoms with Crippen LogP contribution in [0.15, 0.2) is 59.6 Å². The average Bonchev–Trinajstić information content (AvgIpc) is 2.60. The summed E-state index contributed by atoms with van der Waals surface area (Å²) in [6.45, 7) is 1.99. The van der Waals surface area contributed by atoms with Gasteiger partial charge >= 0.3 is 5.97 Å². The minimum atomic E-state index is -0.344.